The molecule has 0 saturated heterocycles. The van der Waals surface area contributed by atoms with Gasteiger partial charge in [0.25, 0.3) is 0 Å². The van der Waals surface area contributed by atoms with Crippen LogP contribution in [0.1, 0.15) is 16.7 Å². The molecular formula is C24H22N4O2S. The Kier molecular flexibility index (Phi) is 7.89. The van der Waals surface area contributed by atoms with Crippen LogP contribution < -0.4 is 10.5 Å². The monoisotopic (exact) mass is 430 g/mol. The molecule has 0 unspecified atom stereocenters. The van der Waals surface area contributed by atoms with Gasteiger partial charge in [0.15, 0.2) is 0 Å². The van der Waals surface area contributed by atoms with Gasteiger partial charge < -0.3 is 15.2 Å². The second kappa shape index (κ2) is 11.0. The minimum Gasteiger partial charge on any atom is -0.491 e. The predicted molar refractivity (Wildman–Crippen MR) is 122 cm³/mol. The zero-order valence-electron chi connectivity index (χ0n) is 17.2. The first kappa shape index (κ1) is 22.2. The van der Waals surface area contributed by atoms with Crippen LogP contribution in [-0.4, -0.2) is 31.1 Å². The first-order chi connectivity index (χ1) is 15.2. The third kappa shape index (κ3) is 5.55. The number of thioether (sulfide) groups is 1. The molecule has 0 aliphatic heterocycles. The predicted octanol–water partition coefficient (Wildman–Crippen LogP) is 4.43. The molecular weight excluding hydrogens is 408 g/mol. The fourth-order valence-corrected chi connectivity index (χ4v) is 4.05. The normalized spacial score (nSPS) is 10.3. The third-order valence-corrected chi connectivity index (χ3v) is 5.56. The fourth-order valence-electron chi connectivity index (χ4n) is 3.06. The highest BCUT2D eigenvalue weighted by atomic mass is 32.2. The molecule has 7 heteroatoms. The van der Waals surface area contributed by atoms with Gasteiger partial charge in [-0.3, -0.25) is 0 Å². The van der Waals surface area contributed by atoms with Crippen molar-refractivity contribution < 1.29 is 9.47 Å². The van der Waals surface area contributed by atoms with E-state index >= 15 is 0 Å². The Hall–Kier alpha value is -3.52. The largest absolute Gasteiger partial charge is 0.491 e. The van der Waals surface area contributed by atoms with Crippen LogP contribution in [0.25, 0.3) is 11.1 Å². The van der Waals surface area contributed by atoms with Crippen LogP contribution in [0.15, 0.2) is 59.6 Å². The van der Waals surface area contributed by atoms with Crippen molar-refractivity contribution in [3.8, 4) is 29.0 Å². The Morgan fingerprint density at radius 3 is 2.32 bits per heavy atom. The van der Waals surface area contributed by atoms with Gasteiger partial charge in [-0.2, -0.15) is 10.5 Å². The average Bonchev–Trinajstić information content (AvgIpc) is 2.80. The van der Waals surface area contributed by atoms with E-state index in [-0.39, 0.29) is 11.4 Å². The Labute approximate surface area is 186 Å². The van der Waals surface area contributed by atoms with Gasteiger partial charge in [-0.15, -0.1) is 11.8 Å². The summed E-state index contributed by atoms with van der Waals surface area (Å²) in [6.45, 7) is 0.927. The van der Waals surface area contributed by atoms with Crippen molar-refractivity contribution in [1.29, 1.82) is 10.5 Å². The number of rotatable bonds is 9. The molecule has 0 amide bonds. The summed E-state index contributed by atoms with van der Waals surface area (Å²) in [4.78, 5) is 4.36. The first-order valence-corrected chi connectivity index (χ1v) is 10.7. The van der Waals surface area contributed by atoms with Gasteiger partial charge in [0.1, 0.15) is 40.9 Å². The minimum absolute atomic E-state index is 0.124. The zero-order valence-corrected chi connectivity index (χ0v) is 18.0. The Morgan fingerprint density at radius 1 is 0.968 bits per heavy atom. The van der Waals surface area contributed by atoms with E-state index in [4.69, 9.17) is 15.2 Å². The second-order valence-corrected chi connectivity index (χ2v) is 7.68. The number of anilines is 1. The molecule has 2 aromatic carbocycles. The van der Waals surface area contributed by atoms with Crippen LogP contribution in [-0.2, 0) is 11.2 Å². The smallest absolute Gasteiger partial charge is 0.143 e. The molecule has 31 heavy (non-hydrogen) atoms. The number of aromatic nitrogens is 1. The molecule has 0 aliphatic carbocycles. The molecule has 3 rings (SSSR count). The SMILES string of the molecule is COCCOc1ccc(-c2c(C#N)c(N)nc(SCCc3ccccc3)c2C#N)cc1. The van der Waals surface area contributed by atoms with Crippen molar-refractivity contribution in [3.05, 3.63) is 71.3 Å². The maximum Gasteiger partial charge on any atom is 0.143 e. The highest BCUT2D eigenvalue weighted by Gasteiger charge is 2.20. The molecule has 1 aromatic heterocycles. The molecule has 1 heterocycles. The summed E-state index contributed by atoms with van der Waals surface area (Å²) in [5.41, 5.74) is 9.08. The molecule has 0 saturated carbocycles. The van der Waals surface area contributed by atoms with E-state index in [9.17, 15) is 10.5 Å². The highest BCUT2D eigenvalue weighted by Crippen LogP contribution is 2.36. The number of pyridine rings is 1. The van der Waals surface area contributed by atoms with Crippen LogP contribution in [0, 0.1) is 22.7 Å². The zero-order chi connectivity index (χ0) is 22.1. The number of benzene rings is 2. The van der Waals surface area contributed by atoms with Crippen molar-refractivity contribution in [2.24, 2.45) is 0 Å². The van der Waals surface area contributed by atoms with E-state index in [0.29, 0.717) is 40.7 Å². The third-order valence-electron chi connectivity index (χ3n) is 4.59. The van der Waals surface area contributed by atoms with Crippen LogP contribution in [0.4, 0.5) is 5.82 Å². The molecule has 0 bridgehead atoms. The van der Waals surface area contributed by atoms with Gasteiger partial charge >= 0.3 is 0 Å². The van der Waals surface area contributed by atoms with Gasteiger partial charge in [0.2, 0.25) is 0 Å². The number of methoxy groups -OCH3 is 1. The number of hydrogen-bond acceptors (Lipinski definition) is 7. The number of aryl methyl sites for hydroxylation is 1. The van der Waals surface area contributed by atoms with Crippen molar-refractivity contribution in [2.45, 2.75) is 11.4 Å². The Morgan fingerprint density at radius 2 is 1.68 bits per heavy atom. The van der Waals surface area contributed by atoms with E-state index in [1.165, 1.54) is 17.3 Å². The molecule has 0 spiro atoms. The lowest BCUT2D eigenvalue weighted by molar-refractivity contribution is 0.146. The quantitative estimate of drug-likeness (QED) is 0.395. The molecule has 2 N–H and O–H groups in total. The summed E-state index contributed by atoms with van der Waals surface area (Å²) >= 11 is 1.46. The lowest BCUT2D eigenvalue weighted by Crippen LogP contribution is -2.05. The highest BCUT2D eigenvalue weighted by molar-refractivity contribution is 7.99. The molecule has 6 nitrogen and oxygen atoms in total. The van der Waals surface area contributed by atoms with E-state index in [2.05, 4.69) is 29.3 Å². The number of ether oxygens (including phenoxy) is 2. The number of nitrogen functional groups attached to an aromatic ring is 1. The van der Waals surface area contributed by atoms with Crippen molar-refractivity contribution in [1.82, 2.24) is 4.98 Å². The molecule has 0 radical (unpaired) electrons. The number of nitriles is 2. The topological polar surface area (TPSA) is 105 Å². The van der Waals surface area contributed by atoms with Gasteiger partial charge in [0, 0.05) is 18.4 Å². The van der Waals surface area contributed by atoms with Gasteiger partial charge in [0.05, 0.1) is 12.2 Å². The van der Waals surface area contributed by atoms with E-state index < -0.39 is 0 Å². The van der Waals surface area contributed by atoms with E-state index in [1.54, 1.807) is 19.2 Å². The van der Waals surface area contributed by atoms with Gasteiger partial charge in [-0.25, -0.2) is 4.98 Å². The molecule has 0 aliphatic rings. The minimum atomic E-state index is 0.124. The fraction of sp³-hybridized carbons (Fsp3) is 0.208. The van der Waals surface area contributed by atoms with Crippen molar-refractivity contribution in [3.63, 3.8) is 0 Å². The molecule has 3 aromatic rings. The van der Waals surface area contributed by atoms with Gasteiger partial charge in [-0.1, -0.05) is 42.5 Å². The maximum absolute atomic E-state index is 9.89. The standard InChI is InChI=1S/C24H22N4O2S/c1-29-12-13-30-19-9-7-18(8-10-19)22-20(15-25)23(27)28-24(21(22)16-26)31-14-11-17-5-3-2-4-6-17/h2-10H,11-14H2,1H3,(H2,27,28). The summed E-state index contributed by atoms with van der Waals surface area (Å²) in [6, 6.07) is 21.7. The maximum atomic E-state index is 9.89. The summed E-state index contributed by atoms with van der Waals surface area (Å²) in [5, 5.41) is 20.1. The summed E-state index contributed by atoms with van der Waals surface area (Å²) in [6.07, 6.45) is 0.834. The van der Waals surface area contributed by atoms with Gasteiger partial charge in [-0.05, 0) is 29.7 Å². The summed E-state index contributed by atoms with van der Waals surface area (Å²) in [7, 11) is 1.61. The molecule has 156 valence electrons. The van der Waals surface area contributed by atoms with E-state index in [0.717, 1.165) is 12.2 Å². The Balaban J connectivity index is 1.90. The van der Waals surface area contributed by atoms with Crippen LogP contribution in [0.5, 0.6) is 5.75 Å². The van der Waals surface area contributed by atoms with Crippen molar-refractivity contribution >= 4 is 17.6 Å². The van der Waals surface area contributed by atoms with E-state index in [1.807, 2.05) is 30.3 Å². The van der Waals surface area contributed by atoms with Crippen molar-refractivity contribution in [2.75, 3.05) is 31.8 Å². The first-order valence-electron chi connectivity index (χ1n) is 9.70. The number of hydrogen-bond donors (Lipinski definition) is 1. The summed E-state index contributed by atoms with van der Waals surface area (Å²) in [5.74, 6) is 1.54. The lowest BCUT2D eigenvalue weighted by atomic mass is 9.97. The molecule has 0 atom stereocenters. The van der Waals surface area contributed by atoms with Crippen LogP contribution in [0.2, 0.25) is 0 Å². The number of nitrogens with two attached hydrogens (primary N) is 1. The average molecular weight is 431 g/mol. The van der Waals surface area contributed by atoms with Crippen LogP contribution >= 0.6 is 11.8 Å². The second-order valence-electron chi connectivity index (χ2n) is 6.60. The van der Waals surface area contributed by atoms with Crippen LogP contribution in [0.3, 0.4) is 0 Å². The molecule has 0 fully saturated rings. The Bertz CT molecular complexity index is 1100. The summed E-state index contributed by atoms with van der Waals surface area (Å²) < 4.78 is 10.6. The lowest BCUT2D eigenvalue weighted by Gasteiger charge is -2.13. The number of nitrogens with zero attached hydrogens (tertiary/aromatic N) is 3.